The number of rotatable bonds is 2. The molecule has 0 amide bonds. The maximum Gasteiger partial charge on any atom is 0.129 e. The number of hydrogen-bond donors (Lipinski definition) is 1. The van der Waals surface area contributed by atoms with Gasteiger partial charge in [0.25, 0.3) is 0 Å². The topological polar surface area (TPSA) is 29.3 Å². The smallest absolute Gasteiger partial charge is 0.129 e. The molecule has 10 heavy (non-hydrogen) atoms. The van der Waals surface area contributed by atoms with Gasteiger partial charge in [-0.25, -0.2) is 0 Å². The normalized spacial score (nSPS) is 25.3. The second-order valence-corrected chi connectivity index (χ2v) is 3.53. The third-order valence-electron chi connectivity index (χ3n) is 1.62. The number of hydrogen-bond acceptors (Lipinski definition) is 3. The quantitative estimate of drug-likeness (QED) is 0.661. The zero-order valence-electron chi connectivity index (χ0n) is 6.50. The van der Waals surface area contributed by atoms with E-state index in [1.165, 1.54) is 4.91 Å². The van der Waals surface area contributed by atoms with Crippen LogP contribution in [0.2, 0.25) is 0 Å². The van der Waals surface area contributed by atoms with Crippen molar-refractivity contribution in [1.29, 1.82) is 0 Å². The van der Waals surface area contributed by atoms with Gasteiger partial charge in [0.1, 0.15) is 5.50 Å². The van der Waals surface area contributed by atoms with Crippen molar-refractivity contribution in [2.45, 2.75) is 25.8 Å². The Balaban J connectivity index is 2.52. The van der Waals surface area contributed by atoms with Crippen LogP contribution in [0.5, 0.6) is 0 Å². The van der Waals surface area contributed by atoms with Crippen molar-refractivity contribution in [1.82, 2.24) is 4.90 Å². The summed E-state index contributed by atoms with van der Waals surface area (Å²) in [7, 11) is 0. The van der Waals surface area contributed by atoms with Gasteiger partial charge in [0.2, 0.25) is 0 Å². The molecule has 58 valence electrons. The Morgan fingerprint density at radius 3 is 2.70 bits per heavy atom. The number of nitrogens with two attached hydrogens (primary N) is 1. The first-order valence-corrected chi connectivity index (χ1v) is 4.54. The van der Waals surface area contributed by atoms with E-state index in [-0.39, 0.29) is 5.50 Å². The highest BCUT2D eigenvalue weighted by Gasteiger charge is 2.18. The molecule has 1 aliphatic heterocycles. The van der Waals surface area contributed by atoms with Gasteiger partial charge in [0.15, 0.2) is 0 Å². The molecule has 0 fully saturated rings. The highest BCUT2D eigenvalue weighted by atomic mass is 32.2. The van der Waals surface area contributed by atoms with Crippen LogP contribution in [0.15, 0.2) is 11.1 Å². The first kappa shape index (κ1) is 7.95. The van der Waals surface area contributed by atoms with Gasteiger partial charge in [-0.05, 0) is 13.3 Å². The molecule has 1 aliphatic rings. The minimum absolute atomic E-state index is 0.167. The molecule has 0 aromatic heterocycles. The van der Waals surface area contributed by atoms with Gasteiger partial charge in [0, 0.05) is 17.6 Å². The molecule has 1 heterocycles. The Hall–Kier alpha value is -0.150. The molecular weight excluding hydrogens is 144 g/mol. The van der Waals surface area contributed by atoms with Crippen molar-refractivity contribution < 1.29 is 0 Å². The summed E-state index contributed by atoms with van der Waals surface area (Å²) in [6, 6.07) is 0. The Bertz CT molecular complexity index is 145. The molecule has 0 saturated heterocycles. The van der Waals surface area contributed by atoms with E-state index in [0.29, 0.717) is 0 Å². The number of allylic oxidation sites excluding steroid dienone is 1. The van der Waals surface area contributed by atoms with Crippen molar-refractivity contribution in [3.8, 4) is 0 Å². The van der Waals surface area contributed by atoms with Crippen LogP contribution >= 0.6 is 11.8 Å². The SMILES string of the molecule is CCC1=CN(CC)C(N)S1. The van der Waals surface area contributed by atoms with E-state index in [1.807, 2.05) is 0 Å². The summed E-state index contributed by atoms with van der Waals surface area (Å²) in [5.41, 5.74) is 5.96. The van der Waals surface area contributed by atoms with Gasteiger partial charge in [-0.1, -0.05) is 18.7 Å². The molecule has 1 atom stereocenters. The first-order chi connectivity index (χ1) is 4.77. The molecule has 3 heteroatoms. The number of nitrogens with zero attached hydrogens (tertiary/aromatic N) is 1. The zero-order chi connectivity index (χ0) is 7.56. The molecule has 2 N–H and O–H groups in total. The highest BCUT2D eigenvalue weighted by molar-refractivity contribution is 8.03. The minimum atomic E-state index is 0.167. The van der Waals surface area contributed by atoms with Gasteiger partial charge in [-0.15, -0.1) is 0 Å². The summed E-state index contributed by atoms with van der Waals surface area (Å²) in [6.07, 6.45) is 3.27. The Kier molecular flexibility index (Phi) is 2.63. The van der Waals surface area contributed by atoms with Gasteiger partial charge in [-0.3, -0.25) is 0 Å². The Morgan fingerprint density at radius 1 is 1.70 bits per heavy atom. The lowest BCUT2D eigenvalue weighted by atomic mass is 10.4. The molecule has 0 aliphatic carbocycles. The van der Waals surface area contributed by atoms with E-state index in [0.717, 1.165) is 13.0 Å². The Labute approximate surface area is 66.5 Å². The monoisotopic (exact) mass is 158 g/mol. The van der Waals surface area contributed by atoms with E-state index in [2.05, 4.69) is 24.9 Å². The highest BCUT2D eigenvalue weighted by Crippen LogP contribution is 2.30. The summed E-state index contributed by atoms with van der Waals surface area (Å²) in [6.45, 7) is 5.29. The third kappa shape index (κ3) is 1.47. The minimum Gasteiger partial charge on any atom is -0.353 e. The van der Waals surface area contributed by atoms with E-state index in [1.54, 1.807) is 11.8 Å². The lowest BCUT2D eigenvalue weighted by Crippen LogP contribution is -2.31. The van der Waals surface area contributed by atoms with Crippen LogP contribution in [-0.4, -0.2) is 16.9 Å². The van der Waals surface area contributed by atoms with Crippen molar-refractivity contribution in [2.24, 2.45) is 5.73 Å². The van der Waals surface area contributed by atoms with Crippen molar-refractivity contribution >= 4 is 11.8 Å². The molecule has 0 spiro atoms. The van der Waals surface area contributed by atoms with Gasteiger partial charge in [0.05, 0.1) is 0 Å². The van der Waals surface area contributed by atoms with Crippen LogP contribution < -0.4 is 5.73 Å². The number of thioether (sulfide) groups is 1. The van der Waals surface area contributed by atoms with E-state index >= 15 is 0 Å². The van der Waals surface area contributed by atoms with Crippen LogP contribution in [0, 0.1) is 0 Å². The Morgan fingerprint density at radius 2 is 2.40 bits per heavy atom. The van der Waals surface area contributed by atoms with Crippen LogP contribution in [0.3, 0.4) is 0 Å². The summed E-state index contributed by atoms with van der Waals surface area (Å²) < 4.78 is 0. The fourth-order valence-electron chi connectivity index (χ4n) is 0.957. The maximum absolute atomic E-state index is 5.79. The predicted molar refractivity (Wildman–Crippen MR) is 46.3 cm³/mol. The second-order valence-electron chi connectivity index (χ2n) is 2.29. The lowest BCUT2D eigenvalue weighted by molar-refractivity contribution is 0.386. The molecule has 0 bridgehead atoms. The van der Waals surface area contributed by atoms with Gasteiger partial charge >= 0.3 is 0 Å². The molecule has 1 unspecified atom stereocenters. The van der Waals surface area contributed by atoms with Crippen LogP contribution in [-0.2, 0) is 0 Å². The summed E-state index contributed by atoms with van der Waals surface area (Å²) in [4.78, 5) is 3.55. The summed E-state index contributed by atoms with van der Waals surface area (Å²) in [5.74, 6) is 0. The molecule has 0 radical (unpaired) electrons. The average Bonchev–Trinajstić information content (AvgIpc) is 2.30. The summed E-state index contributed by atoms with van der Waals surface area (Å²) >= 11 is 1.76. The van der Waals surface area contributed by atoms with Crippen LogP contribution in [0.4, 0.5) is 0 Å². The van der Waals surface area contributed by atoms with Crippen molar-refractivity contribution in [2.75, 3.05) is 6.54 Å². The standard InChI is InChI=1S/C7H14N2S/c1-3-6-5-9(4-2)7(8)10-6/h5,7H,3-4,8H2,1-2H3. The maximum atomic E-state index is 5.79. The van der Waals surface area contributed by atoms with E-state index in [9.17, 15) is 0 Å². The fourth-order valence-corrected chi connectivity index (χ4v) is 1.98. The van der Waals surface area contributed by atoms with Gasteiger partial charge in [-0.2, -0.15) is 0 Å². The largest absolute Gasteiger partial charge is 0.353 e. The summed E-state index contributed by atoms with van der Waals surface area (Å²) in [5, 5.41) is 0. The molecule has 0 aromatic rings. The molecule has 2 nitrogen and oxygen atoms in total. The van der Waals surface area contributed by atoms with Crippen molar-refractivity contribution in [3.05, 3.63) is 11.1 Å². The van der Waals surface area contributed by atoms with Crippen LogP contribution in [0.25, 0.3) is 0 Å². The van der Waals surface area contributed by atoms with Gasteiger partial charge < -0.3 is 10.6 Å². The van der Waals surface area contributed by atoms with Crippen LogP contribution in [0.1, 0.15) is 20.3 Å². The van der Waals surface area contributed by atoms with E-state index in [4.69, 9.17) is 5.73 Å². The lowest BCUT2D eigenvalue weighted by Gasteiger charge is -2.17. The fraction of sp³-hybridized carbons (Fsp3) is 0.714. The predicted octanol–water partition coefficient (Wildman–Crippen LogP) is 1.55. The molecule has 1 rings (SSSR count). The first-order valence-electron chi connectivity index (χ1n) is 3.66. The second kappa shape index (κ2) is 3.30. The molecule has 0 saturated carbocycles. The van der Waals surface area contributed by atoms with Crippen molar-refractivity contribution in [3.63, 3.8) is 0 Å². The molecule has 0 aromatic carbocycles. The zero-order valence-corrected chi connectivity index (χ0v) is 7.32. The average molecular weight is 158 g/mol. The van der Waals surface area contributed by atoms with E-state index < -0.39 is 0 Å². The third-order valence-corrected chi connectivity index (χ3v) is 2.83. The molecular formula is C7H14N2S.